The van der Waals surface area contributed by atoms with Crippen LogP contribution in [-0.2, 0) is 27.8 Å². The summed E-state index contributed by atoms with van der Waals surface area (Å²) in [5, 5.41) is 0.472. The Balaban J connectivity index is 1.55. The van der Waals surface area contributed by atoms with Crippen LogP contribution in [0.2, 0.25) is 5.02 Å². The molecule has 2 aliphatic rings. The van der Waals surface area contributed by atoms with Crippen LogP contribution in [0.15, 0.2) is 34.5 Å². The lowest BCUT2D eigenvalue weighted by Gasteiger charge is -2.26. The van der Waals surface area contributed by atoms with E-state index in [2.05, 4.69) is 4.72 Å². The Hall–Kier alpha value is -1.57. The van der Waals surface area contributed by atoms with Crippen LogP contribution in [0.5, 0.6) is 0 Å². The number of nitrogens with one attached hydrogen (secondary N) is 1. The molecule has 4 rings (SSSR count). The summed E-state index contributed by atoms with van der Waals surface area (Å²) in [6.07, 6.45) is 2.68. The van der Waals surface area contributed by atoms with Crippen molar-refractivity contribution < 1.29 is 13.2 Å². The van der Waals surface area contributed by atoms with Gasteiger partial charge in [-0.1, -0.05) is 17.7 Å². The van der Waals surface area contributed by atoms with E-state index in [1.54, 1.807) is 30.3 Å². The molecular weight excluding hydrogens is 380 g/mol. The highest BCUT2D eigenvalue weighted by Crippen LogP contribution is 2.36. The van der Waals surface area contributed by atoms with Gasteiger partial charge in [0.2, 0.25) is 5.91 Å². The number of carbonyl (C=O) groups excluding carboxylic acids is 1. The Morgan fingerprint density at radius 2 is 2.08 bits per heavy atom. The van der Waals surface area contributed by atoms with Crippen LogP contribution in [0.4, 0.5) is 5.69 Å². The number of amides is 1. The van der Waals surface area contributed by atoms with Crippen LogP contribution >= 0.6 is 22.9 Å². The van der Waals surface area contributed by atoms with E-state index in [-0.39, 0.29) is 16.0 Å². The molecule has 1 fully saturated rings. The number of fused-ring (bicyclic) bond motifs is 1. The van der Waals surface area contributed by atoms with Gasteiger partial charge < -0.3 is 4.90 Å². The second-order valence-electron chi connectivity index (χ2n) is 6.41. The molecule has 0 saturated heterocycles. The molecule has 1 aromatic heterocycles. The van der Waals surface area contributed by atoms with Crippen molar-refractivity contribution in [1.29, 1.82) is 0 Å². The van der Waals surface area contributed by atoms with Gasteiger partial charge in [-0.05, 0) is 49.1 Å². The summed E-state index contributed by atoms with van der Waals surface area (Å²) in [6, 6.07) is 8.31. The molecule has 0 spiro atoms. The summed E-state index contributed by atoms with van der Waals surface area (Å²) in [4.78, 5) is 15.1. The molecule has 0 unspecified atom stereocenters. The van der Waals surface area contributed by atoms with E-state index >= 15 is 0 Å². The first kappa shape index (κ1) is 16.9. The third kappa shape index (κ3) is 3.54. The first-order chi connectivity index (χ1) is 11.9. The summed E-state index contributed by atoms with van der Waals surface area (Å²) in [6.45, 7) is 1.18. The normalized spacial score (nSPS) is 17.2. The van der Waals surface area contributed by atoms with Crippen molar-refractivity contribution in [3.63, 3.8) is 0 Å². The number of carbonyl (C=O) groups is 1. The Morgan fingerprint density at radius 3 is 2.80 bits per heavy atom. The van der Waals surface area contributed by atoms with Gasteiger partial charge in [-0.3, -0.25) is 9.52 Å². The molecule has 1 N–H and O–H groups in total. The number of sulfonamides is 1. The SMILES string of the molecule is O=C(C1CC1)N1CCc2sc(S(=O)(=O)Nc3cccc(Cl)c3)cc2C1. The van der Waals surface area contributed by atoms with Crippen LogP contribution in [0.25, 0.3) is 0 Å². The van der Waals surface area contributed by atoms with Crippen LogP contribution in [0, 0.1) is 5.92 Å². The molecule has 0 atom stereocenters. The van der Waals surface area contributed by atoms with Gasteiger partial charge in [-0.2, -0.15) is 0 Å². The van der Waals surface area contributed by atoms with Gasteiger partial charge in [0.1, 0.15) is 4.21 Å². The van der Waals surface area contributed by atoms with Crippen molar-refractivity contribution >= 4 is 44.6 Å². The zero-order valence-electron chi connectivity index (χ0n) is 13.4. The van der Waals surface area contributed by atoms with Crippen molar-refractivity contribution in [3.8, 4) is 0 Å². The third-order valence-corrected chi connectivity index (χ3v) is 7.75. The minimum Gasteiger partial charge on any atom is -0.338 e. The van der Waals surface area contributed by atoms with Crippen molar-refractivity contribution in [1.82, 2.24) is 4.90 Å². The molecule has 8 heteroatoms. The van der Waals surface area contributed by atoms with Gasteiger partial charge in [0.15, 0.2) is 0 Å². The summed E-state index contributed by atoms with van der Waals surface area (Å²) in [5.74, 6) is 0.395. The van der Waals surface area contributed by atoms with E-state index in [0.717, 1.165) is 23.3 Å². The number of hydrogen-bond donors (Lipinski definition) is 1. The van der Waals surface area contributed by atoms with Gasteiger partial charge >= 0.3 is 0 Å². The molecule has 0 bridgehead atoms. The highest BCUT2D eigenvalue weighted by molar-refractivity contribution is 7.94. The molecule has 1 aromatic carbocycles. The van der Waals surface area contributed by atoms with Crippen molar-refractivity contribution in [2.45, 2.75) is 30.0 Å². The number of anilines is 1. The highest BCUT2D eigenvalue weighted by atomic mass is 35.5. The fourth-order valence-corrected chi connectivity index (χ4v) is 5.76. The Morgan fingerprint density at radius 1 is 1.28 bits per heavy atom. The predicted molar refractivity (Wildman–Crippen MR) is 98.4 cm³/mol. The molecule has 1 aliphatic heterocycles. The zero-order valence-corrected chi connectivity index (χ0v) is 15.8. The van der Waals surface area contributed by atoms with Gasteiger partial charge in [0.05, 0.1) is 5.69 Å². The van der Waals surface area contributed by atoms with Crippen molar-refractivity contribution in [2.24, 2.45) is 5.92 Å². The quantitative estimate of drug-likeness (QED) is 0.860. The topological polar surface area (TPSA) is 66.5 Å². The number of hydrogen-bond acceptors (Lipinski definition) is 4. The van der Waals surface area contributed by atoms with E-state index in [9.17, 15) is 13.2 Å². The third-order valence-electron chi connectivity index (χ3n) is 4.42. The highest BCUT2D eigenvalue weighted by Gasteiger charge is 2.35. The van der Waals surface area contributed by atoms with E-state index < -0.39 is 10.0 Å². The van der Waals surface area contributed by atoms with Crippen molar-refractivity contribution in [2.75, 3.05) is 11.3 Å². The smallest absolute Gasteiger partial charge is 0.271 e. The molecule has 2 heterocycles. The van der Waals surface area contributed by atoms with Gasteiger partial charge in [0.25, 0.3) is 10.0 Å². The molecule has 1 amide bonds. The molecule has 2 aromatic rings. The lowest BCUT2D eigenvalue weighted by Crippen LogP contribution is -2.36. The number of thiophene rings is 1. The summed E-state index contributed by atoms with van der Waals surface area (Å²) in [7, 11) is -3.66. The molecular formula is C17H17ClN2O3S2. The maximum Gasteiger partial charge on any atom is 0.271 e. The molecule has 1 saturated carbocycles. The van der Waals surface area contributed by atoms with Gasteiger partial charge in [0, 0.05) is 28.9 Å². The largest absolute Gasteiger partial charge is 0.338 e. The minimum absolute atomic E-state index is 0.188. The maximum atomic E-state index is 12.6. The minimum atomic E-state index is -3.66. The lowest BCUT2D eigenvalue weighted by atomic mass is 10.1. The predicted octanol–water partition coefficient (Wildman–Crippen LogP) is 3.50. The van der Waals surface area contributed by atoms with Crippen LogP contribution in [0.1, 0.15) is 23.3 Å². The van der Waals surface area contributed by atoms with Crippen LogP contribution < -0.4 is 4.72 Å². The Labute approximate surface area is 155 Å². The summed E-state index contributed by atoms with van der Waals surface area (Å²) in [5.41, 5.74) is 1.38. The van der Waals surface area contributed by atoms with E-state index in [0.29, 0.717) is 30.2 Å². The van der Waals surface area contributed by atoms with Crippen molar-refractivity contribution in [3.05, 3.63) is 45.8 Å². The van der Waals surface area contributed by atoms with E-state index in [1.165, 1.54) is 11.3 Å². The molecule has 132 valence electrons. The molecule has 0 radical (unpaired) electrons. The average molecular weight is 397 g/mol. The van der Waals surface area contributed by atoms with Crippen LogP contribution in [-0.4, -0.2) is 25.8 Å². The fraction of sp³-hybridized carbons (Fsp3) is 0.353. The van der Waals surface area contributed by atoms with Gasteiger partial charge in [-0.25, -0.2) is 8.42 Å². The first-order valence-electron chi connectivity index (χ1n) is 8.11. The zero-order chi connectivity index (χ0) is 17.6. The maximum absolute atomic E-state index is 12.6. The standard InChI is InChI=1S/C17H17ClN2O3S2/c18-13-2-1-3-14(9-13)19-25(22,23)16-8-12-10-20(7-6-15(12)24-16)17(21)11-4-5-11/h1-3,8-9,11,19H,4-7,10H2. The molecule has 1 aliphatic carbocycles. The second kappa shape index (κ2) is 6.30. The van der Waals surface area contributed by atoms with E-state index in [1.807, 2.05) is 4.90 Å². The molecule has 5 nitrogen and oxygen atoms in total. The number of halogens is 1. The average Bonchev–Trinajstić information content (AvgIpc) is 3.31. The Bertz CT molecular complexity index is 935. The Kier molecular flexibility index (Phi) is 4.25. The van der Waals surface area contributed by atoms with Crippen LogP contribution in [0.3, 0.4) is 0 Å². The second-order valence-corrected chi connectivity index (χ2v) is 9.90. The summed E-state index contributed by atoms with van der Waals surface area (Å²) >= 11 is 7.19. The number of rotatable bonds is 4. The first-order valence-corrected chi connectivity index (χ1v) is 10.8. The van der Waals surface area contributed by atoms with E-state index in [4.69, 9.17) is 11.6 Å². The fourth-order valence-electron chi connectivity index (χ4n) is 2.97. The van der Waals surface area contributed by atoms with Gasteiger partial charge in [-0.15, -0.1) is 11.3 Å². The molecule has 25 heavy (non-hydrogen) atoms. The number of benzene rings is 1. The number of nitrogens with zero attached hydrogens (tertiary/aromatic N) is 1. The monoisotopic (exact) mass is 396 g/mol. The lowest BCUT2D eigenvalue weighted by molar-refractivity contribution is -0.133. The summed E-state index contributed by atoms with van der Waals surface area (Å²) < 4.78 is 28.1.